The Morgan fingerprint density at radius 1 is 0.950 bits per heavy atom. The molecule has 3 rings (SSSR count). The molecule has 0 saturated heterocycles. The molecule has 0 spiro atoms. The van der Waals surface area contributed by atoms with Crippen LogP contribution in [0.1, 0.15) is 36.3 Å². The molecule has 1 nitrogen and oxygen atoms in total. The average molecular weight is 285 g/mol. The molecule has 0 heterocycles. The van der Waals surface area contributed by atoms with Crippen molar-refractivity contribution in [3.05, 3.63) is 71.8 Å². The van der Waals surface area contributed by atoms with Gasteiger partial charge in [0.25, 0.3) is 0 Å². The van der Waals surface area contributed by atoms with Crippen LogP contribution < -0.4 is 0 Å². The maximum Gasteiger partial charge on any atom is 0.154 e. The van der Waals surface area contributed by atoms with Crippen LogP contribution in [0.3, 0.4) is 0 Å². The molecule has 1 fully saturated rings. The van der Waals surface area contributed by atoms with Gasteiger partial charge in [-0.05, 0) is 24.0 Å². The van der Waals surface area contributed by atoms with Gasteiger partial charge >= 0.3 is 0 Å². The van der Waals surface area contributed by atoms with Crippen molar-refractivity contribution in [2.45, 2.75) is 30.1 Å². The molecule has 3 unspecified atom stereocenters. The molecule has 1 saturated carbocycles. The molecule has 1 aliphatic rings. The van der Waals surface area contributed by atoms with Crippen LogP contribution in [-0.2, 0) is 4.79 Å². The Labute approximate surface area is 124 Å². The molecule has 0 N–H and O–H groups in total. The number of ketones is 1. The zero-order valence-electron chi connectivity index (χ0n) is 11.4. The highest BCUT2D eigenvalue weighted by Crippen LogP contribution is 2.52. The summed E-state index contributed by atoms with van der Waals surface area (Å²) in [4.78, 5) is 11.5. The lowest BCUT2D eigenvalue weighted by atomic mass is 9.80. The summed E-state index contributed by atoms with van der Waals surface area (Å²) < 4.78 is 0. The Morgan fingerprint density at radius 3 is 2.00 bits per heavy atom. The van der Waals surface area contributed by atoms with Crippen molar-refractivity contribution >= 4 is 17.4 Å². The van der Waals surface area contributed by atoms with E-state index < -0.39 is 4.87 Å². The van der Waals surface area contributed by atoms with Crippen LogP contribution >= 0.6 is 11.6 Å². The van der Waals surface area contributed by atoms with Gasteiger partial charge in [0, 0.05) is 12.3 Å². The number of rotatable bonds is 2. The molecule has 20 heavy (non-hydrogen) atoms. The average Bonchev–Trinajstić information content (AvgIpc) is 2.71. The summed E-state index contributed by atoms with van der Waals surface area (Å²) in [6, 6.07) is 20.4. The molecule has 0 bridgehead atoms. The van der Waals surface area contributed by atoms with Crippen molar-refractivity contribution in [3.8, 4) is 0 Å². The smallest absolute Gasteiger partial charge is 0.154 e. The topological polar surface area (TPSA) is 17.1 Å². The fraction of sp³-hybridized carbons (Fsp3) is 0.278. The van der Waals surface area contributed by atoms with E-state index in [0.717, 1.165) is 5.56 Å². The van der Waals surface area contributed by atoms with Crippen molar-refractivity contribution in [1.29, 1.82) is 0 Å². The zero-order chi connectivity index (χ0) is 14.2. The lowest BCUT2D eigenvalue weighted by Crippen LogP contribution is -2.29. The van der Waals surface area contributed by atoms with Crippen molar-refractivity contribution in [3.63, 3.8) is 0 Å². The highest BCUT2D eigenvalue weighted by molar-refractivity contribution is 6.36. The predicted octanol–water partition coefficient (Wildman–Crippen LogP) is 4.52. The number of hydrogen-bond donors (Lipinski definition) is 0. The summed E-state index contributed by atoms with van der Waals surface area (Å²) in [5.74, 6) is 0.329. The number of carbonyl (C=O) groups is 1. The second-order valence-corrected chi connectivity index (χ2v) is 6.39. The number of hydrogen-bond acceptors (Lipinski definition) is 1. The number of halogens is 1. The number of benzene rings is 2. The molecule has 102 valence electrons. The normalized spacial score (nSPS) is 29.6. The van der Waals surface area contributed by atoms with Crippen molar-refractivity contribution in [1.82, 2.24) is 0 Å². The quantitative estimate of drug-likeness (QED) is 0.741. The third-order valence-corrected chi connectivity index (χ3v) is 4.77. The summed E-state index contributed by atoms with van der Waals surface area (Å²) >= 11 is 6.61. The fourth-order valence-corrected chi connectivity index (χ4v) is 3.64. The highest BCUT2D eigenvalue weighted by Gasteiger charge is 2.51. The van der Waals surface area contributed by atoms with Gasteiger partial charge in [0.05, 0.1) is 0 Å². The van der Waals surface area contributed by atoms with Gasteiger partial charge in [-0.2, -0.15) is 0 Å². The first kappa shape index (κ1) is 13.4. The first-order chi connectivity index (χ1) is 9.60. The summed E-state index contributed by atoms with van der Waals surface area (Å²) in [6.07, 6.45) is 0.517. The molecule has 0 amide bonds. The van der Waals surface area contributed by atoms with Gasteiger partial charge in [-0.15, -0.1) is 11.6 Å². The van der Waals surface area contributed by atoms with Crippen LogP contribution in [0.15, 0.2) is 60.7 Å². The molecule has 0 aromatic heterocycles. The van der Waals surface area contributed by atoms with Gasteiger partial charge in [-0.3, -0.25) is 4.79 Å². The van der Waals surface area contributed by atoms with E-state index >= 15 is 0 Å². The summed E-state index contributed by atoms with van der Waals surface area (Å²) in [5, 5.41) is 0. The van der Waals surface area contributed by atoms with Gasteiger partial charge in [-0.25, -0.2) is 0 Å². The largest absolute Gasteiger partial charge is 0.298 e. The van der Waals surface area contributed by atoms with E-state index in [0.29, 0.717) is 6.42 Å². The Morgan fingerprint density at radius 2 is 1.45 bits per heavy atom. The zero-order valence-corrected chi connectivity index (χ0v) is 12.2. The Balaban J connectivity index is 2.08. The van der Waals surface area contributed by atoms with E-state index in [-0.39, 0.29) is 17.6 Å². The molecule has 2 aromatic carbocycles. The lowest BCUT2D eigenvalue weighted by molar-refractivity contribution is -0.119. The number of alkyl halides is 1. The Hall–Kier alpha value is -1.60. The van der Waals surface area contributed by atoms with E-state index in [2.05, 4.69) is 24.3 Å². The molecular formula is C18H17ClO. The predicted molar refractivity (Wildman–Crippen MR) is 82.2 cm³/mol. The van der Waals surface area contributed by atoms with Crippen molar-refractivity contribution in [2.75, 3.05) is 0 Å². The molecule has 0 radical (unpaired) electrons. The summed E-state index contributed by atoms with van der Waals surface area (Å²) in [7, 11) is 0. The minimum absolute atomic E-state index is 0.0280. The monoisotopic (exact) mass is 284 g/mol. The van der Waals surface area contributed by atoms with Crippen LogP contribution in [0.5, 0.6) is 0 Å². The Bertz CT molecular complexity index is 604. The van der Waals surface area contributed by atoms with Crippen LogP contribution in [0.4, 0.5) is 0 Å². The van der Waals surface area contributed by atoms with E-state index in [9.17, 15) is 4.79 Å². The third kappa shape index (κ3) is 2.16. The first-order valence-electron chi connectivity index (χ1n) is 6.93. The highest BCUT2D eigenvalue weighted by atomic mass is 35.5. The Kier molecular flexibility index (Phi) is 3.39. The minimum Gasteiger partial charge on any atom is -0.298 e. The van der Waals surface area contributed by atoms with E-state index in [1.165, 1.54) is 5.56 Å². The van der Waals surface area contributed by atoms with E-state index in [1.807, 2.05) is 43.3 Å². The van der Waals surface area contributed by atoms with Gasteiger partial charge in [-0.1, -0.05) is 60.7 Å². The summed E-state index contributed by atoms with van der Waals surface area (Å²) in [6.45, 7) is 1.86. The van der Waals surface area contributed by atoms with Crippen molar-refractivity contribution < 1.29 is 4.79 Å². The molecule has 0 aliphatic heterocycles. The van der Waals surface area contributed by atoms with E-state index in [1.54, 1.807) is 0 Å². The second-order valence-electron chi connectivity index (χ2n) is 5.61. The van der Waals surface area contributed by atoms with Crippen LogP contribution in [0.25, 0.3) is 0 Å². The van der Waals surface area contributed by atoms with Crippen molar-refractivity contribution in [2.24, 2.45) is 0 Å². The second kappa shape index (κ2) is 5.06. The molecule has 1 aliphatic carbocycles. The molecular weight excluding hydrogens is 268 g/mol. The maximum absolute atomic E-state index is 12.3. The van der Waals surface area contributed by atoms with Crippen LogP contribution in [0.2, 0.25) is 0 Å². The number of Topliss-reactive ketones (excluding diaryl/α,β-unsaturated/α-hetero) is 1. The molecule has 2 aromatic rings. The molecule has 2 heteroatoms. The van der Waals surface area contributed by atoms with Gasteiger partial charge < -0.3 is 0 Å². The minimum atomic E-state index is -0.818. The standard InChI is InChI=1S/C18H17ClO/c1-18(19)16(20)12-15(13-8-4-2-5-9-13)17(18)14-10-6-3-7-11-14/h2-11,15,17H,12H2,1H3. The van der Waals surface area contributed by atoms with Gasteiger partial charge in [0.15, 0.2) is 5.78 Å². The van der Waals surface area contributed by atoms with E-state index in [4.69, 9.17) is 11.6 Å². The summed E-state index contributed by atoms with van der Waals surface area (Å²) in [5.41, 5.74) is 2.34. The van der Waals surface area contributed by atoms with Gasteiger partial charge in [0.2, 0.25) is 0 Å². The SMILES string of the molecule is CC1(Cl)C(=O)CC(c2ccccc2)C1c1ccccc1. The fourth-order valence-electron chi connectivity index (χ4n) is 3.28. The lowest BCUT2D eigenvalue weighted by Gasteiger charge is -2.28. The molecule has 3 atom stereocenters. The van der Waals surface area contributed by atoms with Crippen LogP contribution in [-0.4, -0.2) is 10.7 Å². The number of carbonyl (C=O) groups excluding carboxylic acids is 1. The first-order valence-corrected chi connectivity index (χ1v) is 7.30. The maximum atomic E-state index is 12.3. The van der Waals surface area contributed by atoms with Crippen LogP contribution in [0, 0.1) is 0 Å². The third-order valence-electron chi connectivity index (χ3n) is 4.32. The van der Waals surface area contributed by atoms with Gasteiger partial charge in [0.1, 0.15) is 4.87 Å².